The molecule has 0 radical (unpaired) electrons. The number of carbonyl (C=O) groups is 3. The molecule has 0 aromatic rings. The second-order valence-electron chi connectivity index (χ2n) is 17.2. The average Bonchev–Trinajstić information content (AvgIpc) is 2.95. The SMILES string of the molecule is CCC(C)(C)CC[C@@](C)(CCC(C)(C)[C@]1(C)CC[C@H]2C(C)(C)C(=O)C(C#N)=C[C@]2(C)/C1=C/C(C)=O)NC(=O)N1CCC(O)CC1. The Morgan fingerprint density at radius 1 is 1.04 bits per heavy atom. The number of nitriles is 1. The number of allylic oxidation sites excluding steroid dienone is 4. The third kappa shape index (κ3) is 7.42. The molecule has 4 atom stereocenters. The molecule has 2 aliphatic carbocycles. The number of likely N-dealkylation sites (tertiary alicyclic amines) is 1. The number of piperidine rings is 1. The molecule has 2 amide bonds. The zero-order valence-electron chi connectivity index (χ0n) is 30.2. The smallest absolute Gasteiger partial charge is 0.317 e. The summed E-state index contributed by atoms with van der Waals surface area (Å²) < 4.78 is 0. The van der Waals surface area contributed by atoms with Crippen LogP contribution < -0.4 is 5.32 Å². The molecule has 45 heavy (non-hydrogen) atoms. The standard InChI is InChI=1S/C38H61N3O4/c1-12-33(3,4)17-19-36(9,40-32(45)41-21-14-28(43)15-22-41)20-18-34(5,6)38(11)16-13-29-35(7,8)31(44)27(25-39)24-37(29,10)30(38)23-26(2)42/h23-24,28-29,43H,12-22H2,1-11H3,(H,40,45)/b30-23-/t29-,36-,37-,38+/m0/s1. The highest BCUT2D eigenvalue weighted by atomic mass is 16.3. The zero-order chi connectivity index (χ0) is 34.2. The van der Waals surface area contributed by atoms with Gasteiger partial charge in [-0.1, -0.05) is 80.4 Å². The number of nitrogens with zero attached hydrogens (tertiary/aromatic N) is 2. The van der Waals surface area contributed by atoms with Crippen LogP contribution in [-0.4, -0.2) is 52.3 Å². The highest BCUT2D eigenvalue weighted by Crippen LogP contribution is 2.67. The minimum absolute atomic E-state index is 0.0204. The van der Waals surface area contributed by atoms with Crippen LogP contribution in [0.1, 0.15) is 134 Å². The van der Waals surface area contributed by atoms with E-state index >= 15 is 0 Å². The molecule has 0 aromatic heterocycles. The van der Waals surface area contributed by atoms with Crippen molar-refractivity contribution in [1.29, 1.82) is 5.26 Å². The molecule has 3 aliphatic rings. The van der Waals surface area contributed by atoms with E-state index < -0.39 is 16.4 Å². The molecule has 0 aromatic carbocycles. The molecule has 3 rings (SSSR count). The van der Waals surface area contributed by atoms with Crippen LogP contribution in [0, 0.1) is 44.3 Å². The Bertz CT molecular complexity index is 1260. The number of aliphatic hydroxyl groups is 1. The highest BCUT2D eigenvalue weighted by molar-refractivity contribution is 6.04. The van der Waals surface area contributed by atoms with Gasteiger partial charge in [0.15, 0.2) is 11.6 Å². The van der Waals surface area contributed by atoms with Crippen LogP contribution in [0.15, 0.2) is 23.3 Å². The summed E-state index contributed by atoms with van der Waals surface area (Å²) in [5, 5.41) is 23.4. The average molecular weight is 624 g/mol. The van der Waals surface area contributed by atoms with Crippen molar-refractivity contribution < 1.29 is 19.5 Å². The van der Waals surface area contributed by atoms with Gasteiger partial charge in [-0.2, -0.15) is 5.26 Å². The topological polar surface area (TPSA) is 110 Å². The zero-order valence-corrected chi connectivity index (χ0v) is 30.2. The normalized spacial score (nSPS) is 29.8. The number of Topliss-reactive ketones (excluding diaryl/α,β-unsaturated/α-hetero) is 1. The molecular weight excluding hydrogens is 562 g/mol. The Balaban J connectivity index is 1.98. The van der Waals surface area contributed by atoms with E-state index in [1.54, 1.807) is 13.0 Å². The third-order valence-corrected chi connectivity index (χ3v) is 12.7. The lowest BCUT2D eigenvalue weighted by Crippen LogP contribution is -2.56. The summed E-state index contributed by atoms with van der Waals surface area (Å²) in [5.74, 6) is -0.156. The van der Waals surface area contributed by atoms with Crippen molar-refractivity contribution in [1.82, 2.24) is 10.2 Å². The Morgan fingerprint density at radius 2 is 1.62 bits per heavy atom. The van der Waals surface area contributed by atoms with Gasteiger partial charge in [0.1, 0.15) is 6.07 Å². The Labute approximate surface area is 273 Å². The lowest BCUT2D eigenvalue weighted by molar-refractivity contribution is -0.131. The van der Waals surface area contributed by atoms with Crippen molar-refractivity contribution in [3.05, 3.63) is 23.3 Å². The van der Waals surface area contributed by atoms with Crippen molar-refractivity contribution >= 4 is 17.6 Å². The van der Waals surface area contributed by atoms with Crippen LogP contribution in [0.3, 0.4) is 0 Å². The monoisotopic (exact) mass is 623 g/mol. The third-order valence-electron chi connectivity index (χ3n) is 12.7. The fraction of sp³-hybridized carbons (Fsp3) is 0.789. The molecule has 2 fully saturated rings. The van der Waals surface area contributed by atoms with Gasteiger partial charge in [-0.3, -0.25) is 9.59 Å². The first kappa shape index (κ1) is 37.0. The Hall–Kier alpha value is -2.46. The second kappa shape index (κ2) is 13.0. The van der Waals surface area contributed by atoms with Crippen LogP contribution in [0.5, 0.6) is 0 Å². The van der Waals surface area contributed by atoms with Gasteiger partial charge in [0, 0.05) is 29.5 Å². The summed E-state index contributed by atoms with van der Waals surface area (Å²) in [5.41, 5.74) is -1.05. The van der Waals surface area contributed by atoms with Gasteiger partial charge in [-0.15, -0.1) is 0 Å². The fourth-order valence-electron chi connectivity index (χ4n) is 8.42. The first-order valence-corrected chi connectivity index (χ1v) is 17.2. The Kier molecular flexibility index (Phi) is 10.7. The number of carbonyl (C=O) groups excluding carboxylic acids is 3. The maximum atomic E-state index is 13.5. The van der Waals surface area contributed by atoms with Crippen LogP contribution >= 0.6 is 0 Å². The summed E-state index contributed by atoms with van der Waals surface area (Å²) in [6.45, 7) is 24.5. The molecule has 0 bridgehead atoms. The van der Waals surface area contributed by atoms with Gasteiger partial charge in [0.05, 0.1) is 11.7 Å². The largest absolute Gasteiger partial charge is 0.393 e. The van der Waals surface area contributed by atoms with E-state index in [0.29, 0.717) is 25.9 Å². The summed E-state index contributed by atoms with van der Waals surface area (Å²) >= 11 is 0. The number of aliphatic hydroxyl groups excluding tert-OH is 1. The van der Waals surface area contributed by atoms with E-state index in [9.17, 15) is 24.8 Å². The van der Waals surface area contributed by atoms with E-state index in [0.717, 1.165) is 50.5 Å². The minimum atomic E-state index is -0.713. The van der Waals surface area contributed by atoms with E-state index in [1.165, 1.54) is 0 Å². The molecule has 1 saturated heterocycles. The molecule has 7 heteroatoms. The molecule has 1 aliphatic heterocycles. The lowest BCUT2D eigenvalue weighted by atomic mass is 9.42. The van der Waals surface area contributed by atoms with Crippen LogP contribution in [0.4, 0.5) is 4.79 Å². The lowest BCUT2D eigenvalue weighted by Gasteiger charge is -2.61. The molecule has 252 valence electrons. The molecule has 1 saturated carbocycles. The van der Waals surface area contributed by atoms with Gasteiger partial charge in [-0.25, -0.2) is 4.79 Å². The molecule has 1 heterocycles. The number of hydrogen-bond acceptors (Lipinski definition) is 5. The van der Waals surface area contributed by atoms with Crippen LogP contribution in [0.25, 0.3) is 0 Å². The quantitative estimate of drug-likeness (QED) is 0.240. The van der Waals surface area contributed by atoms with Crippen molar-refractivity contribution in [2.45, 2.75) is 146 Å². The number of nitrogens with one attached hydrogen (secondary N) is 1. The van der Waals surface area contributed by atoms with E-state index in [1.807, 2.05) is 24.8 Å². The van der Waals surface area contributed by atoms with E-state index in [2.05, 4.69) is 66.8 Å². The number of ketones is 2. The maximum absolute atomic E-state index is 13.5. The molecule has 0 spiro atoms. The van der Waals surface area contributed by atoms with E-state index in [4.69, 9.17) is 0 Å². The van der Waals surface area contributed by atoms with Crippen molar-refractivity contribution in [2.24, 2.45) is 33.0 Å². The van der Waals surface area contributed by atoms with Crippen molar-refractivity contribution in [3.63, 3.8) is 0 Å². The second-order valence-corrected chi connectivity index (χ2v) is 17.2. The summed E-state index contributed by atoms with van der Waals surface area (Å²) in [6, 6.07) is 2.11. The predicted octanol–water partition coefficient (Wildman–Crippen LogP) is 7.93. The highest BCUT2D eigenvalue weighted by Gasteiger charge is 2.61. The number of urea groups is 1. The fourth-order valence-corrected chi connectivity index (χ4v) is 8.42. The predicted molar refractivity (Wildman–Crippen MR) is 180 cm³/mol. The summed E-state index contributed by atoms with van der Waals surface area (Å²) in [4.78, 5) is 41.5. The Morgan fingerprint density at radius 3 is 2.16 bits per heavy atom. The minimum Gasteiger partial charge on any atom is -0.393 e. The summed E-state index contributed by atoms with van der Waals surface area (Å²) in [6.07, 6.45) is 10.7. The first-order valence-electron chi connectivity index (χ1n) is 17.2. The first-order chi connectivity index (χ1) is 20.6. The number of amides is 2. The van der Waals surface area contributed by atoms with Gasteiger partial charge in [0.25, 0.3) is 0 Å². The van der Waals surface area contributed by atoms with Crippen LogP contribution in [-0.2, 0) is 9.59 Å². The molecular formula is C38H61N3O4. The van der Waals surface area contributed by atoms with E-state index in [-0.39, 0.29) is 51.4 Å². The van der Waals surface area contributed by atoms with Crippen LogP contribution in [0.2, 0.25) is 0 Å². The van der Waals surface area contributed by atoms with Crippen molar-refractivity contribution in [3.8, 4) is 6.07 Å². The molecule has 2 N–H and O–H groups in total. The van der Waals surface area contributed by atoms with Gasteiger partial charge < -0.3 is 15.3 Å². The summed E-state index contributed by atoms with van der Waals surface area (Å²) in [7, 11) is 0. The molecule has 7 nitrogen and oxygen atoms in total. The number of fused-ring (bicyclic) bond motifs is 1. The maximum Gasteiger partial charge on any atom is 0.317 e. The van der Waals surface area contributed by atoms with Crippen molar-refractivity contribution in [2.75, 3.05) is 13.1 Å². The van der Waals surface area contributed by atoms with Gasteiger partial charge in [-0.05, 0) is 93.5 Å². The molecule has 0 unspecified atom stereocenters. The van der Waals surface area contributed by atoms with Gasteiger partial charge in [0.2, 0.25) is 0 Å². The van der Waals surface area contributed by atoms with Gasteiger partial charge >= 0.3 is 6.03 Å². The number of rotatable bonds is 10. The number of hydrogen-bond donors (Lipinski definition) is 2.